The molecule has 2 amide bonds. The van der Waals surface area contributed by atoms with E-state index in [2.05, 4.69) is 25.9 Å². The van der Waals surface area contributed by atoms with Crippen LogP contribution in [0.25, 0.3) is 5.65 Å². The number of carboxylic acid groups (broad SMARTS) is 1. The van der Waals surface area contributed by atoms with Crippen molar-refractivity contribution in [2.45, 2.75) is 19.5 Å². The largest absolute Gasteiger partial charge is 0.478 e. The third-order valence-corrected chi connectivity index (χ3v) is 6.55. The van der Waals surface area contributed by atoms with Gasteiger partial charge in [-0.3, -0.25) is 23.6 Å². The van der Waals surface area contributed by atoms with Crippen LogP contribution in [0.15, 0.2) is 70.6 Å². The average Bonchev–Trinajstić information content (AvgIpc) is 3.47. The van der Waals surface area contributed by atoms with Gasteiger partial charge in [-0.25, -0.2) is 19.2 Å². The highest BCUT2D eigenvalue weighted by Crippen LogP contribution is 2.23. The molecule has 0 saturated heterocycles. The summed E-state index contributed by atoms with van der Waals surface area (Å²) in [5.74, 6) is -2.93. The van der Waals surface area contributed by atoms with E-state index in [1.54, 1.807) is 19.1 Å². The predicted molar refractivity (Wildman–Crippen MR) is 149 cm³/mol. The van der Waals surface area contributed by atoms with Gasteiger partial charge in [-0.05, 0) is 48.4 Å². The van der Waals surface area contributed by atoms with Gasteiger partial charge in [0.2, 0.25) is 0 Å². The topological polar surface area (TPSA) is 198 Å². The number of imidazole rings is 1. The molecule has 0 aliphatic rings. The first kappa shape index (κ1) is 27.6. The summed E-state index contributed by atoms with van der Waals surface area (Å²) in [6, 6.07) is 10.8. The van der Waals surface area contributed by atoms with E-state index in [9.17, 15) is 28.4 Å². The summed E-state index contributed by atoms with van der Waals surface area (Å²) in [7, 11) is 0. The highest BCUT2D eigenvalue weighted by molar-refractivity contribution is 5.98. The molecule has 5 rings (SSSR count). The minimum atomic E-state index is -1.06. The third kappa shape index (κ3) is 5.28. The van der Waals surface area contributed by atoms with E-state index in [1.165, 1.54) is 47.3 Å². The number of nitrogens with zero attached hydrogens (tertiary/aromatic N) is 3. The second-order valence-corrected chi connectivity index (χ2v) is 9.34. The van der Waals surface area contributed by atoms with Gasteiger partial charge in [-0.2, -0.15) is 0 Å². The number of fused-ring (bicyclic) bond motifs is 1. The smallest absolute Gasteiger partial charge is 0.335 e. The fraction of sp³-hybridized carbons (Fsp3) is 0.107. The Hall–Kier alpha value is -5.92. The molecule has 212 valence electrons. The zero-order valence-electron chi connectivity index (χ0n) is 21.8. The van der Waals surface area contributed by atoms with Crippen LogP contribution in [0, 0.1) is 5.82 Å². The van der Waals surface area contributed by atoms with Crippen LogP contribution in [0.1, 0.15) is 55.4 Å². The Bertz CT molecular complexity index is 1940. The number of nitrogens with one attached hydrogen (secondary N) is 3. The Morgan fingerprint density at radius 3 is 2.48 bits per heavy atom. The van der Waals surface area contributed by atoms with Gasteiger partial charge < -0.3 is 26.8 Å². The summed E-state index contributed by atoms with van der Waals surface area (Å²) in [6.07, 6.45) is 2.76. The van der Waals surface area contributed by atoms with Crippen molar-refractivity contribution in [3.8, 4) is 0 Å². The summed E-state index contributed by atoms with van der Waals surface area (Å²) >= 11 is 0. The lowest BCUT2D eigenvalue weighted by atomic mass is 10.1. The summed E-state index contributed by atoms with van der Waals surface area (Å²) < 4.78 is 15.7. The molecule has 0 unspecified atom stereocenters. The third-order valence-electron chi connectivity index (χ3n) is 6.55. The molecule has 0 aliphatic carbocycles. The number of carboxylic acids is 1. The molecular formula is C28H22FN7O6. The lowest BCUT2D eigenvalue weighted by molar-refractivity contribution is 0.0696. The number of nitrogens with two attached hydrogens (primary N) is 1. The Kier molecular flexibility index (Phi) is 7.19. The summed E-state index contributed by atoms with van der Waals surface area (Å²) in [6.45, 7) is 1.66. The summed E-state index contributed by atoms with van der Waals surface area (Å²) in [4.78, 5) is 68.6. The van der Waals surface area contributed by atoms with Crippen molar-refractivity contribution < 1.29 is 23.9 Å². The van der Waals surface area contributed by atoms with E-state index in [0.29, 0.717) is 11.1 Å². The number of carbonyl (C=O) groups is 3. The van der Waals surface area contributed by atoms with Crippen molar-refractivity contribution >= 4 is 40.5 Å². The molecule has 0 bridgehead atoms. The van der Waals surface area contributed by atoms with Crippen LogP contribution in [0.5, 0.6) is 0 Å². The standard InChI is InChI=1S/C28H22FN7O6/c1-13(15-3-5-16(6-4-15)28(41)42)33-27(40)20-9-19(34-21-11-31-12-36(20)21)26(39)32-10-14-2-7-17(29)18(8-14)35-23-22(30)24(37)25(23)38/h2-9,11-13,35H,10,30H2,1H3,(H,32,39)(H,33,40)(H,41,42)/t13-/m1/s1. The SMILES string of the molecule is C[C@@H](NC(=O)c1cc(C(=O)NCc2ccc(F)c(Nc3c(N)c(=O)c3=O)c2)nc2cncn12)c1ccc(C(=O)O)cc1. The van der Waals surface area contributed by atoms with E-state index >= 15 is 0 Å². The van der Waals surface area contributed by atoms with Crippen molar-refractivity contribution in [2.75, 3.05) is 11.1 Å². The predicted octanol–water partition coefficient (Wildman–Crippen LogP) is 1.91. The second kappa shape index (κ2) is 10.9. The Balaban J connectivity index is 1.31. The van der Waals surface area contributed by atoms with Gasteiger partial charge in [0.15, 0.2) is 5.65 Å². The maximum Gasteiger partial charge on any atom is 0.335 e. The summed E-state index contributed by atoms with van der Waals surface area (Å²) in [5.41, 5.74) is 4.69. The first-order chi connectivity index (χ1) is 20.0. The van der Waals surface area contributed by atoms with E-state index in [-0.39, 0.29) is 46.2 Å². The number of hydrogen-bond donors (Lipinski definition) is 5. The van der Waals surface area contributed by atoms with Gasteiger partial charge in [-0.1, -0.05) is 18.2 Å². The zero-order valence-corrected chi connectivity index (χ0v) is 21.8. The van der Waals surface area contributed by atoms with E-state index < -0.39 is 40.5 Å². The molecular weight excluding hydrogens is 549 g/mol. The first-order valence-electron chi connectivity index (χ1n) is 12.4. The van der Waals surface area contributed by atoms with E-state index in [1.807, 2.05) is 0 Å². The normalized spacial score (nSPS) is 11.8. The van der Waals surface area contributed by atoms with Crippen LogP contribution in [0.2, 0.25) is 0 Å². The monoisotopic (exact) mass is 571 g/mol. The second-order valence-electron chi connectivity index (χ2n) is 9.34. The van der Waals surface area contributed by atoms with E-state index in [0.717, 1.165) is 6.07 Å². The fourth-order valence-corrected chi connectivity index (χ4v) is 4.19. The van der Waals surface area contributed by atoms with Crippen molar-refractivity contribution in [1.29, 1.82) is 0 Å². The number of rotatable bonds is 9. The van der Waals surface area contributed by atoms with Crippen LogP contribution in [0.4, 0.5) is 21.5 Å². The maximum atomic E-state index is 14.3. The Morgan fingerprint density at radius 1 is 1.05 bits per heavy atom. The molecule has 0 saturated carbocycles. The number of aromatic carboxylic acids is 1. The molecule has 2 aromatic heterocycles. The molecule has 1 atom stereocenters. The molecule has 6 N–H and O–H groups in total. The Morgan fingerprint density at radius 2 is 1.79 bits per heavy atom. The minimum Gasteiger partial charge on any atom is -0.478 e. The number of anilines is 3. The molecule has 0 radical (unpaired) electrons. The van der Waals surface area contributed by atoms with Crippen LogP contribution >= 0.6 is 0 Å². The van der Waals surface area contributed by atoms with Gasteiger partial charge in [0.1, 0.15) is 34.9 Å². The molecule has 0 aliphatic heterocycles. The highest BCUT2D eigenvalue weighted by atomic mass is 19.1. The first-order valence-corrected chi connectivity index (χ1v) is 12.4. The maximum absolute atomic E-state index is 14.3. The molecule has 0 spiro atoms. The van der Waals surface area contributed by atoms with Gasteiger partial charge in [-0.15, -0.1) is 0 Å². The van der Waals surface area contributed by atoms with Gasteiger partial charge in [0.05, 0.1) is 23.5 Å². The number of nitrogen functional groups attached to an aromatic ring is 1. The highest BCUT2D eigenvalue weighted by Gasteiger charge is 2.21. The van der Waals surface area contributed by atoms with E-state index in [4.69, 9.17) is 10.8 Å². The molecule has 14 heteroatoms. The number of halogens is 1. The number of hydrogen-bond acceptors (Lipinski definition) is 9. The quantitative estimate of drug-likeness (QED) is 0.163. The van der Waals surface area contributed by atoms with Crippen molar-refractivity contribution in [1.82, 2.24) is 25.0 Å². The van der Waals surface area contributed by atoms with Crippen LogP contribution < -0.4 is 32.5 Å². The molecule has 3 aromatic carbocycles. The Labute approximate surface area is 235 Å². The van der Waals surface area contributed by atoms with Gasteiger partial charge in [0.25, 0.3) is 22.7 Å². The fourth-order valence-electron chi connectivity index (χ4n) is 4.19. The minimum absolute atomic E-state index is 0.0633. The van der Waals surface area contributed by atoms with Crippen LogP contribution in [-0.4, -0.2) is 37.3 Å². The summed E-state index contributed by atoms with van der Waals surface area (Å²) in [5, 5.41) is 17.1. The van der Waals surface area contributed by atoms with Crippen molar-refractivity contribution in [2.24, 2.45) is 0 Å². The number of amides is 2. The average molecular weight is 572 g/mol. The molecule has 2 heterocycles. The lowest BCUT2D eigenvalue weighted by Crippen LogP contribution is -2.36. The zero-order chi connectivity index (χ0) is 30.1. The van der Waals surface area contributed by atoms with Crippen molar-refractivity contribution in [3.63, 3.8) is 0 Å². The number of aromatic nitrogens is 3. The lowest BCUT2D eigenvalue weighted by Gasteiger charge is -2.16. The van der Waals surface area contributed by atoms with Gasteiger partial charge >= 0.3 is 5.97 Å². The van der Waals surface area contributed by atoms with Crippen LogP contribution in [-0.2, 0) is 6.54 Å². The molecule has 42 heavy (non-hydrogen) atoms. The van der Waals surface area contributed by atoms with Crippen LogP contribution in [0.3, 0.4) is 0 Å². The number of carbonyl (C=O) groups excluding carboxylic acids is 2. The van der Waals surface area contributed by atoms with Gasteiger partial charge in [0, 0.05) is 6.54 Å². The molecule has 5 aromatic rings. The molecule has 0 fully saturated rings. The molecule has 13 nitrogen and oxygen atoms in total. The van der Waals surface area contributed by atoms with Crippen molar-refractivity contribution in [3.05, 3.63) is 115 Å². The number of benzene rings is 2.